The van der Waals surface area contributed by atoms with Crippen LogP contribution in [0, 0.1) is 6.92 Å². The molecule has 0 amide bonds. The van der Waals surface area contributed by atoms with Crippen LogP contribution < -0.4 is 0 Å². The van der Waals surface area contributed by atoms with Crippen LogP contribution in [0.3, 0.4) is 0 Å². The first-order chi connectivity index (χ1) is 6.61. The second-order valence-electron chi connectivity index (χ2n) is 2.88. The Bertz CT molecular complexity index is 370. The van der Waals surface area contributed by atoms with Crippen molar-refractivity contribution in [2.75, 3.05) is 5.33 Å². The molecule has 14 heavy (non-hydrogen) atoms. The molecule has 0 aliphatic heterocycles. The average molecular weight is 260 g/mol. The first-order valence-electron chi connectivity index (χ1n) is 4.07. The van der Waals surface area contributed by atoms with Crippen molar-refractivity contribution in [3.8, 4) is 0 Å². The summed E-state index contributed by atoms with van der Waals surface area (Å²) in [6, 6.07) is 0. The van der Waals surface area contributed by atoms with Crippen LogP contribution in [-0.4, -0.2) is 27.7 Å². The minimum absolute atomic E-state index is 0.100. The smallest absolute Gasteiger partial charge is 0.352 e. The molecular weight excluding hydrogens is 250 g/mol. The van der Waals surface area contributed by atoms with E-state index < -0.39 is 5.97 Å². The van der Waals surface area contributed by atoms with Crippen molar-refractivity contribution in [3.05, 3.63) is 22.5 Å². The van der Waals surface area contributed by atoms with Crippen molar-refractivity contribution in [2.45, 2.75) is 13.3 Å². The molecule has 1 rings (SSSR count). The lowest BCUT2D eigenvalue weighted by Gasteiger charge is -1.96. The highest BCUT2D eigenvalue weighted by Crippen LogP contribution is 2.18. The number of aromatic nitrogens is 1. The van der Waals surface area contributed by atoms with Gasteiger partial charge in [-0.05, 0) is 24.5 Å². The maximum absolute atomic E-state index is 10.7. The van der Waals surface area contributed by atoms with E-state index in [1.165, 1.54) is 0 Å². The molecule has 0 radical (unpaired) electrons. The second-order valence-corrected chi connectivity index (χ2v) is 3.67. The summed E-state index contributed by atoms with van der Waals surface area (Å²) >= 11 is 3.25. The lowest BCUT2D eigenvalue weighted by atomic mass is 10.1. The summed E-state index contributed by atoms with van der Waals surface area (Å²) in [7, 11) is 0. The quantitative estimate of drug-likeness (QED) is 0.640. The van der Waals surface area contributed by atoms with E-state index in [4.69, 9.17) is 5.11 Å². The number of carbonyl (C=O) groups is 2. The summed E-state index contributed by atoms with van der Waals surface area (Å²) in [5, 5.41) is 9.51. The molecule has 76 valence electrons. The highest BCUT2D eigenvalue weighted by molar-refractivity contribution is 9.09. The zero-order chi connectivity index (χ0) is 10.7. The highest BCUT2D eigenvalue weighted by Gasteiger charge is 2.17. The lowest BCUT2D eigenvalue weighted by molar-refractivity contribution is 0.0690. The summed E-state index contributed by atoms with van der Waals surface area (Å²) in [5.74, 6) is -1.04. The van der Waals surface area contributed by atoms with E-state index in [0.29, 0.717) is 29.3 Å². The number of carbonyl (C=O) groups excluding carboxylic acids is 1. The Labute approximate surface area is 89.5 Å². The summed E-state index contributed by atoms with van der Waals surface area (Å²) < 4.78 is 0. The standard InChI is InChI=1S/C9H10BrNO3/c1-5-6(2-3-10)7(4-12)11-8(5)9(13)14/h4,11H,2-3H2,1H3,(H,13,14). The van der Waals surface area contributed by atoms with Gasteiger partial charge in [-0.1, -0.05) is 15.9 Å². The summed E-state index contributed by atoms with van der Waals surface area (Å²) in [6.07, 6.45) is 1.29. The topological polar surface area (TPSA) is 70.2 Å². The average Bonchev–Trinajstić information content (AvgIpc) is 2.45. The van der Waals surface area contributed by atoms with Crippen LogP contribution in [0.5, 0.6) is 0 Å². The Hall–Kier alpha value is -1.10. The first-order valence-corrected chi connectivity index (χ1v) is 5.19. The number of rotatable bonds is 4. The number of H-pyrrole nitrogens is 1. The van der Waals surface area contributed by atoms with Gasteiger partial charge in [0.1, 0.15) is 5.69 Å². The molecule has 2 N–H and O–H groups in total. The van der Waals surface area contributed by atoms with Gasteiger partial charge < -0.3 is 10.1 Å². The Morgan fingerprint density at radius 1 is 1.64 bits per heavy atom. The van der Waals surface area contributed by atoms with E-state index >= 15 is 0 Å². The highest BCUT2D eigenvalue weighted by atomic mass is 79.9. The Morgan fingerprint density at radius 2 is 2.29 bits per heavy atom. The Kier molecular flexibility index (Phi) is 3.46. The van der Waals surface area contributed by atoms with Gasteiger partial charge in [-0.3, -0.25) is 4.79 Å². The van der Waals surface area contributed by atoms with Gasteiger partial charge in [0.2, 0.25) is 0 Å². The van der Waals surface area contributed by atoms with Crippen molar-refractivity contribution >= 4 is 28.2 Å². The molecule has 0 atom stereocenters. The second kappa shape index (κ2) is 4.41. The number of carboxylic acids is 1. The predicted molar refractivity (Wildman–Crippen MR) is 55.4 cm³/mol. The summed E-state index contributed by atoms with van der Waals surface area (Å²) in [6.45, 7) is 1.70. The molecule has 0 bridgehead atoms. The molecule has 1 aromatic heterocycles. The molecule has 5 heteroatoms. The number of halogens is 1. The molecule has 0 unspecified atom stereocenters. The van der Waals surface area contributed by atoms with Gasteiger partial charge in [-0.15, -0.1) is 0 Å². The van der Waals surface area contributed by atoms with Crippen molar-refractivity contribution in [2.24, 2.45) is 0 Å². The van der Waals surface area contributed by atoms with E-state index in [9.17, 15) is 9.59 Å². The maximum Gasteiger partial charge on any atom is 0.352 e. The van der Waals surface area contributed by atoms with Gasteiger partial charge in [0.15, 0.2) is 6.29 Å². The molecule has 0 aliphatic rings. The van der Waals surface area contributed by atoms with Crippen LogP contribution >= 0.6 is 15.9 Å². The van der Waals surface area contributed by atoms with Gasteiger partial charge in [-0.25, -0.2) is 4.79 Å². The number of aromatic amines is 1. The third kappa shape index (κ3) is 1.87. The molecule has 0 saturated carbocycles. The van der Waals surface area contributed by atoms with E-state index in [1.807, 2.05) is 0 Å². The number of aldehydes is 1. The minimum Gasteiger partial charge on any atom is -0.477 e. The zero-order valence-electron chi connectivity index (χ0n) is 7.63. The van der Waals surface area contributed by atoms with E-state index in [0.717, 1.165) is 5.56 Å². The maximum atomic E-state index is 10.7. The molecule has 0 aromatic carbocycles. The van der Waals surface area contributed by atoms with E-state index in [1.54, 1.807) is 6.92 Å². The van der Waals surface area contributed by atoms with Crippen LogP contribution in [-0.2, 0) is 6.42 Å². The molecule has 0 saturated heterocycles. The van der Waals surface area contributed by atoms with Gasteiger partial charge in [0.25, 0.3) is 0 Å². The largest absolute Gasteiger partial charge is 0.477 e. The third-order valence-corrected chi connectivity index (χ3v) is 2.49. The number of alkyl halides is 1. The van der Waals surface area contributed by atoms with Crippen LogP contribution in [0.25, 0.3) is 0 Å². The zero-order valence-corrected chi connectivity index (χ0v) is 9.22. The molecule has 1 aromatic rings. The molecule has 0 fully saturated rings. The number of hydrogen-bond donors (Lipinski definition) is 2. The SMILES string of the molecule is Cc1c(C(=O)O)[nH]c(C=O)c1CCBr. The minimum atomic E-state index is -1.04. The van der Waals surface area contributed by atoms with E-state index in [2.05, 4.69) is 20.9 Å². The Morgan fingerprint density at radius 3 is 2.71 bits per heavy atom. The molecule has 0 aliphatic carbocycles. The van der Waals surface area contributed by atoms with Crippen LogP contribution in [0.2, 0.25) is 0 Å². The fourth-order valence-electron chi connectivity index (χ4n) is 1.39. The van der Waals surface area contributed by atoms with Crippen LogP contribution in [0.1, 0.15) is 32.1 Å². The van der Waals surface area contributed by atoms with Crippen molar-refractivity contribution in [1.82, 2.24) is 4.98 Å². The van der Waals surface area contributed by atoms with Crippen LogP contribution in [0.15, 0.2) is 0 Å². The fraction of sp³-hybridized carbons (Fsp3) is 0.333. The van der Waals surface area contributed by atoms with Gasteiger partial charge in [0.05, 0.1) is 5.69 Å². The van der Waals surface area contributed by atoms with Crippen molar-refractivity contribution in [3.63, 3.8) is 0 Å². The number of aromatic carboxylic acids is 1. The number of nitrogens with one attached hydrogen (secondary N) is 1. The number of carboxylic acid groups (broad SMARTS) is 1. The molecular formula is C9H10BrNO3. The van der Waals surface area contributed by atoms with Gasteiger partial charge in [0, 0.05) is 5.33 Å². The van der Waals surface area contributed by atoms with Gasteiger partial charge in [-0.2, -0.15) is 0 Å². The van der Waals surface area contributed by atoms with Crippen molar-refractivity contribution < 1.29 is 14.7 Å². The summed E-state index contributed by atoms with van der Waals surface area (Å²) in [5.41, 5.74) is 1.87. The third-order valence-electron chi connectivity index (χ3n) is 2.09. The van der Waals surface area contributed by atoms with Crippen LogP contribution in [0.4, 0.5) is 0 Å². The monoisotopic (exact) mass is 259 g/mol. The van der Waals surface area contributed by atoms with E-state index in [-0.39, 0.29) is 5.69 Å². The normalized spacial score (nSPS) is 10.1. The molecule has 1 heterocycles. The summed E-state index contributed by atoms with van der Waals surface area (Å²) in [4.78, 5) is 24.0. The van der Waals surface area contributed by atoms with Crippen molar-refractivity contribution in [1.29, 1.82) is 0 Å². The first kappa shape index (κ1) is 11.0. The fourth-order valence-corrected chi connectivity index (χ4v) is 1.78. The molecule has 4 nitrogen and oxygen atoms in total. The Balaban J connectivity index is 3.24. The predicted octanol–water partition coefficient (Wildman–Crippen LogP) is 1.77. The van der Waals surface area contributed by atoms with Gasteiger partial charge >= 0.3 is 5.97 Å². The molecule has 0 spiro atoms. The lowest BCUT2D eigenvalue weighted by Crippen LogP contribution is -1.99. The number of hydrogen-bond acceptors (Lipinski definition) is 2.